The maximum absolute atomic E-state index is 14.5. The summed E-state index contributed by atoms with van der Waals surface area (Å²) in [7, 11) is -2.73. The van der Waals surface area contributed by atoms with Gasteiger partial charge in [-0.25, -0.2) is 0 Å². The zero-order valence-corrected chi connectivity index (χ0v) is 21.8. The maximum atomic E-state index is 14.5. The first kappa shape index (κ1) is 24.7. The molecule has 186 valence electrons. The van der Waals surface area contributed by atoms with E-state index >= 15 is 0 Å². The van der Waals surface area contributed by atoms with Gasteiger partial charge in [0.05, 0.1) is 18.8 Å². The molecule has 3 atom stereocenters. The van der Waals surface area contributed by atoms with Crippen LogP contribution in [0.25, 0.3) is 0 Å². The van der Waals surface area contributed by atoms with Crippen molar-refractivity contribution >= 4 is 23.5 Å². The third-order valence-corrected chi connectivity index (χ3v) is 11.9. The van der Waals surface area contributed by atoms with Gasteiger partial charge in [0.25, 0.3) is 0 Å². The molecule has 0 unspecified atom stereocenters. The first-order chi connectivity index (χ1) is 16.9. The Hall–Kier alpha value is -2.00. The van der Waals surface area contributed by atoms with Crippen molar-refractivity contribution in [3.8, 4) is 0 Å². The number of ketones is 1. The van der Waals surface area contributed by atoms with Gasteiger partial charge >= 0.3 is 0 Å². The number of fused-ring (bicyclic) bond motifs is 1. The van der Waals surface area contributed by atoms with Crippen LogP contribution in [0.4, 0.5) is 0 Å². The Morgan fingerprint density at radius 3 is 2.17 bits per heavy atom. The van der Waals surface area contributed by atoms with Gasteiger partial charge in [-0.2, -0.15) is 0 Å². The molecular formula is C30H37O4P. The minimum atomic E-state index is -2.73. The summed E-state index contributed by atoms with van der Waals surface area (Å²) in [6.45, 7) is 5.97. The van der Waals surface area contributed by atoms with Gasteiger partial charge in [0, 0.05) is 23.2 Å². The summed E-state index contributed by atoms with van der Waals surface area (Å²) in [5.74, 6) is 1.07. The Bertz CT molecular complexity index is 1080. The molecule has 1 aliphatic heterocycles. The first-order valence-corrected chi connectivity index (χ1v) is 15.0. The van der Waals surface area contributed by atoms with Crippen LogP contribution in [0.5, 0.6) is 0 Å². The molecule has 1 heterocycles. The lowest BCUT2D eigenvalue weighted by molar-refractivity contribution is -0.162. The molecule has 0 aromatic heterocycles. The zero-order valence-electron chi connectivity index (χ0n) is 20.9. The number of carbonyl (C=O) groups excluding carboxylic acids is 1. The molecule has 0 radical (unpaired) electrons. The molecule has 3 aliphatic rings. The third-order valence-electron chi connectivity index (χ3n) is 8.71. The highest BCUT2D eigenvalue weighted by Gasteiger charge is 2.50. The van der Waals surface area contributed by atoms with Crippen molar-refractivity contribution in [3.05, 3.63) is 71.8 Å². The van der Waals surface area contributed by atoms with E-state index in [2.05, 4.69) is 13.8 Å². The van der Waals surface area contributed by atoms with Gasteiger partial charge in [-0.05, 0) is 49.4 Å². The summed E-state index contributed by atoms with van der Waals surface area (Å²) in [5.41, 5.74) is 2.07. The molecule has 1 saturated carbocycles. The van der Waals surface area contributed by atoms with Crippen LogP contribution in [0, 0.1) is 17.3 Å². The molecule has 0 bridgehead atoms. The number of Topliss-reactive ketones (excluding diaryl/α,β-unsaturated/α-hetero) is 1. The Labute approximate surface area is 209 Å². The second-order valence-corrected chi connectivity index (χ2v) is 13.7. The fourth-order valence-corrected chi connectivity index (χ4v) is 9.65. The maximum Gasteiger partial charge on any atom is 0.187 e. The Kier molecular flexibility index (Phi) is 7.17. The smallest absolute Gasteiger partial charge is 0.187 e. The summed E-state index contributed by atoms with van der Waals surface area (Å²) in [6, 6.07) is 20.0. The summed E-state index contributed by atoms with van der Waals surface area (Å²) in [4.78, 5) is 13.0. The van der Waals surface area contributed by atoms with Crippen molar-refractivity contribution in [2.45, 2.75) is 58.7 Å². The van der Waals surface area contributed by atoms with Gasteiger partial charge < -0.3 is 14.0 Å². The Morgan fingerprint density at radius 2 is 1.57 bits per heavy atom. The van der Waals surface area contributed by atoms with E-state index in [9.17, 15) is 9.36 Å². The summed E-state index contributed by atoms with van der Waals surface area (Å²) in [5, 5.41) is 1.88. The first-order valence-electron chi connectivity index (χ1n) is 13.1. The molecule has 2 aliphatic carbocycles. The van der Waals surface area contributed by atoms with Gasteiger partial charge in [-0.1, -0.05) is 80.1 Å². The summed E-state index contributed by atoms with van der Waals surface area (Å²) >= 11 is 0. The lowest BCUT2D eigenvalue weighted by atomic mass is 9.64. The van der Waals surface area contributed by atoms with E-state index < -0.39 is 13.4 Å². The van der Waals surface area contributed by atoms with Crippen LogP contribution >= 0.6 is 7.14 Å². The topological polar surface area (TPSA) is 52.6 Å². The lowest BCUT2D eigenvalue weighted by Crippen LogP contribution is -2.39. The standard InChI is InChI=1S/C30H37O4P/c1-22(17-21-35(32,23-10-5-3-6-11-23)24-12-7-4-8-13-24)25-14-15-26-28(29-33-19-9-20-34-29)27(31)16-18-30(25,26)2/h3-8,10-13,22,25,29H,9,14-21H2,1-2H3/t22-,25-,30-/m1/s1. The molecule has 0 spiro atoms. The monoisotopic (exact) mass is 492 g/mol. The SMILES string of the molecule is C[C@H](CCP(=O)(c1ccccc1)c1ccccc1)[C@H]1CCC2=C(C3OCCCO3)C(=O)CC[C@@]21C. The largest absolute Gasteiger partial charge is 0.348 e. The van der Waals surface area contributed by atoms with Crippen molar-refractivity contribution in [1.29, 1.82) is 0 Å². The molecule has 1 saturated heterocycles. The number of ether oxygens (including phenoxy) is 2. The molecule has 5 heteroatoms. The Balaban J connectivity index is 1.39. The van der Waals surface area contributed by atoms with Crippen molar-refractivity contribution in [1.82, 2.24) is 0 Å². The zero-order chi connectivity index (χ0) is 24.5. The van der Waals surface area contributed by atoms with Gasteiger partial charge in [-0.15, -0.1) is 0 Å². The van der Waals surface area contributed by atoms with Crippen molar-refractivity contribution < 1.29 is 18.8 Å². The van der Waals surface area contributed by atoms with Crippen LogP contribution in [0.2, 0.25) is 0 Å². The van der Waals surface area contributed by atoms with Crippen molar-refractivity contribution in [2.75, 3.05) is 19.4 Å². The predicted octanol–water partition coefficient (Wildman–Crippen LogP) is 5.87. The second-order valence-electron chi connectivity index (χ2n) is 10.7. The van der Waals surface area contributed by atoms with Crippen LogP contribution in [0.15, 0.2) is 71.8 Å². The van der Waals surface area contributed by atoms with Crippen LogP contribution in [-0.4, -0.2) is 31.4 Å². The van der Waals surface area contributed by atoms with Gasteiger partial charge in [0.15, 0.2) is 12.1 Å². The van der Waals surface area contributed by atoms with E-state index in [1.807, 2.05) is 60.7 Å². The van der Waals surface area contributed by atoms with E-state index in [-0.39, 0.29) is 11.2 Å². The van der Waals surface area contributed by atoms with E-state index in [0.717, 1.165) is 48.3 Å². The van der Waals surface area contributed by atoms with Gasteiger partial charge in [0.1, 0.15) is 7.14 Å². The predicted molar refractivity (Wildman–Crippen MR) is 141 cm³/mol. The molecule has 4 nitrogen and oxygen atoms in total. The van der Waals surface area contributed by atoms with Gasteiger partial charge in [-0.3, -0.25) is 4.79 Å². The quantitative estimate of drug-likeness (QED) is 0.454. The highest BCUT2D eigenvalue weighted by molar-refractivity contribution is 7.78. The lowest BCUT2D eigenvalue weighted by Gasteiger charge is -2.42. The number of hydrogen-bond donors (Lipinski definition) is 0. The fourth-order valence-electron chi connectivity index (χ4n) is 6.75. The number of benzene rings is 2. The molecule has 2 aromatic carbocycles. The molecule has 2 fully saturated rings. The van der Waals surface area contributed by atoms with Crippen LogP contribution in [-0.2, 0) is 18.8 Å². The Morgan fingerprint density at radius 1 is 0.971 bits per heavy atom. The fraction of sp³-hybridized carbons (Fsp3) is 0.500. The van der Waals surface area contributed by atoms with Gasteiger partial charge in [0.2, 0.25) is 0 Å². The summed E-state index contributed by atoms with van der Waals surface area (Å²) in [6.07, 6.45) is 5.41. The normalized spacial score (nSPS) is 26.6. The minimum absolute atomic E-state index is 0.0175. The molecule has 0 N–H and O–H groups in total. The molecule has 5 rings (SSSR count). The van der Waals surface area contributed by atoms with E-state index in [0.29, 0.717) is 37.6 Å². The number of hydrogen-bond acceptors (Lipinski definition) is 4. The second kappa shape index (κ2) is 10.2. The van der Waals surface area contributed by atoms with Crippen molar-refractivity contribution in [2.24, 2.45) is 17.3 Å². The third kappa shape index (κ3) is 4.61. The molecule has 2 aromatic rings. The summed E-state index contributed by atoms with van der Waals surface area (Å²) < 4.78 is 26.3. The highest BCUT2D eigenvalue weighted by atomic mass is 31.2. The van der Waals surface area contributed by atoms with E-state index in [1.165, 1.54) is 5.57 Å². The number of allylic oxidation sites excluding steroid dienone is 1. The van der Waals surface area contributed by atoms with Crippen LogP contribution in [0.3, 0.4) is 0 Å². The minimum Gasteiger partial charge on any atom is -0.348 e. The average molecular weight is 493 g/mol. The van der Waals surface area contributed by atoms with Crippen LogP contribution < -0.4 is 10.6 Å². The molecular weight excluding hydrogens is 455 g/mol. The number of carbonyl (C=O) groups is 1. The average Bonchev–Trinajstić information content (AvgIpc) is 3.26. The molecule has 0 amide bonds. The van der Waals surface area contributed by atoms with E-state index in [4.69, 9.17) is 9.47 Å². The van der Waals surface area contributed by atoms with E-state index in [1.54, 1.807) is 0 Å². The molecule has 35 heavy (non-hydrogen) atoms. The van der Waals surface area contributed by atoms with Crippen LogP contribution in [0.1, 0.15) is 52.4 Å². The number of rotatable bonds is 7. The highest BCUT2D eigenvalue weighted by Crippen LogP contribution is 2.58. The van der Waals surface area contributed by atoms with Crippen molar-refractivity contribution in [3.63, 3.8) is 0 Å².